The number of hydrogen-bond donors (Lipinski definition) is 2. The molecule has 1 aromatic carbocycles. The molecule has 1 aromatic rings. The van der Waals surface area contributed by atoms with Crippen molar-refractivity contribution < 1.29 is 12.8 Å². The predicted molar refractivity (Wildman–Crippen MR) is 70.3 cm³/mol. The first-order valence-electron chi connectivity index (χ1n) is 5.67. The van der Waals surface area contributed by atoms with Gasteiger partial charge in [-0.25, -0.2) is 17.5 Å². The lowest BCUT2D eigenvalue weighted by Crippen LogP contribution is -2.42. The largest absolute Gasteiger partial charge is 0.317 e. The van der Waals surface area contributed by atoms with Crippen LogP contribution in [0.2, 0.25) is 0 Å². The second-order valence-corrected chi connectivity index (χ2v) is 6.82. The van der Waals surface area contributed by atoms with Gasteiger partial charge in [-0.1, -0.05) is 15.9 Å². The molecule has 2 N–H and O–H groups in total. The molecular weight excluding hydrogens is 323 g/mol. The zero-order valence-corrected chi connectivity index (χ0v) is 12.0. The van der Waals surface area contributed by atoms with Crippen molar-refractivity contribution in [3.63, 3.8) is 0 Å². The third-order valence-corrected chi connectivity index (χ3v) is 4.89. The summed E-state index contributed by atoms with van der Waals surface area (Å²) in [4.78, 5) is -0.302. The lowest BCUT2D eigenvalue weighted by atomic mass is 10.1. The highest BCUT2D eigenvalue weighted by atomic mass is 79.9. The molecule has 18 heavy (non-hydrogen) atoms. The minimum absolute atomic E-state index is 0.126. The molecule has 100 valence electrons. The van der Waals surface area contributed by atoms with Crippen molar-refractivity contribution in [2.45, 2.75) is 23.8 Å². The molecule has 1 saturated heterocycles. The van der Waals surface area contributed by atoms with Gasteiger partial charge >= 0.3 is 0 Å². The Morgan fingerprint density at radius 3 is 2.61 bits per heavy atom. The van der Waals surface area contributed by atoms with Gasteiger partial charge in [0.2, 0.25) is 10.0 Å². The Morgan fingerprint density at radius 1 is 1.33 bits per heavy atom. The first-order valence-corrected chi connectivity index (χ1v) is 7.95. The highest BCUT2D eigenvalue weighted by molar-refractivity contribution is 9.10. The highest BCUT2D eigenvalue weighted by Crippen LogP contribution is 2.20. The van der Waals surface area contributed by atoms with E-state index in [-0.39, 0.29) is 10.9 Å². The summed E-state index contributed by atoms with van der Waals surface area (Å²) in [7, 11) is -3.78. The van der Waals surface area contributed by atoms with Crippen LogP contribution in [0, 0.1) is 5.82 Å². The summed E-state index contributed by atoms with van der Waals surface area (Å²) in [6, 6.07) is 3.80. The first kappa shape index (κ1) is 13.9. The normalized spacial score (nSPS) is 17.9. The van der Waals surface area contributed by atoms with Gasteiger partial charge in [-0.15, -0.1) is 0 Å². The van der Waals surface area contributed by atoms with Crippen LogP contribution in [0.5, 0.6) is 0 Å². The molecule has 0 bridgehead atoms. The van der Waals surface area contributed by atoms with Gasteiger partial charge in [0.15, 0.2) is 0 Å². The van der Waals surface area contributed by atoms with E-state index >= 15 is 0 Å². The molecule has 0 saturated carbocycles. The zero-order valence-electron chi connectivity index (χ0n) is 9.62. The molecule has 1 aliphatic rings. The maximum atomic E-state index is 13.6. The van der Waals surface area contributed by atoms with E-state index in [1.165, 1.54) is 12.1 Å². The van der Waals surface area contributed by atoms with Gasteiger partial charge in [0.1, 0.15) is 10.7 Å². The van der Waals surface area contributed by atoms with Crippen molar-refractivity contribution in [3.05, 3.63) is 28.5 Å². The molecule has 0 radical (unpaired) electrons. The molecule has 0 spiro atoms. The standard InChI is InChI=1S/C11H14BrFN2O2S/c12-8-1-2-11(10(13)7-8)18(16,17)15-9-3-5-14-6-4-9/h1-2,7,9,14-15H,3-6H2. The second kappa shape index (κ2) is 5.64. The summed E-state index contributed by atoms with van der Waals surface area (Å²) in [5.74, 6) is -0.745. The first-order chi connectivity index (χ1) is 8.49. The molecule has 0 amide bonds. The number of piperidine rings is 1. The van der Waals surface area contributed by atoms with Crippen LogP contribution in [0.1, 0.15) is 12.8 Å². The van der Waals surface area contributed by atoms with E-state index in [2.05, 4.69) is 26.0 Å². The third kappa shape index (κ3) is 3.28. The van der Waals surface area contributed by atoms with E-state index in [1.54, 1.807) is 0 Å². The monoisotopic (exact) mass is 336 g/mol. The Balaban J connectivity index is 2.19. The number of hydrogen-bond acceptors (Lipinski definition) is 3. The van der Waals surface area contributed by atoms with Gasteiger partial charge in [0, 0.05) is 10.5 Å². The van der Waals surface area contributed by atoms with Gasteiger partial charge in [-0.2, -0.15) is 0 Å². The minimum Gasteiger partial charge on any atom is -0.317 e. The van der Waals surface area contributed by atoms with Crippen LogP contribution in [-0.2, 0) is 10.0 Å². The van der Waals surface area contributed by atoms with E-state index in [9.17, 15) is 12.8 Å². The van der Waals surface area contributed by atoms with Crippen molar-refractivity contribution in [2.75, 3.05) is 13.1 Å². The number of sulfonamides is 1. The smallest absolute Gasteiger partial charge is 0.243 e. The lowest BCUT2D eigenvalue weighted by Gasteiger charge is -2.23. The molecule has 1 aliphatic heterocycles. The van der Waals surface area contributed by atoms with Crippen molar-refractivity contribution in [3.8, 4) is 0 Å². The minimum atomic E-state index is -3.78. The zero-order chi connectivity index (χ0) is 13.2. The van der Waals surface area contributed by atoms with E-state index in [0.717, 1.165) is 32.0 Å². The molecule has 2 rings (SSSR count). The predicted octanol–water partition coefficient (Wildman–Crippen LogP) is 1.62. The van der Waals surface area contributed by atoms with Crippen molar-refractivity contribution in [2.24, 2.45) is 0 Å². The fourth-order valence-electron chi connectivity index (χ4n) is 1.92. The average molecular weight is 337 g/mol. The number of benzene rings is 1. The molecule has 0 aliphatic carbocycles. The molecule has 7 heteroatoms. The van der Waals surface area contributed by atoms with Crippen molar-refractivity contribution in [1.29, 1.82) is 0 Å². The summed E-state index contributed by atoms with van der Waals surface area (Å²) in [5.41, 5.74) is 0. The maximum absolute atomic E-state index is 13.6. The summed E-state index contributed by atoms with van der Waals surface area (Å²) < 4.78 is 40.8. The van der Waals surface area contributed by atoms with Gasteiger partial charge < -0.3 is 5.32 Å². The van der Waals surface area contributed by atoms with E-state index < -0.39 is 15.8 Å². The van der Waals surface area contributed by atoms with Crippen LogP contribution in [0.25, 0.3) is 0 Å². The second-order valence-electron chi connectivity index (χ2n) is 4.22. The topological polar surface area (TPSA) is 58.2 Å². The Morgan fingerprint density at radius 2 is 2.00 bits per heavy atom. The molecule has 0 atom stereocenters. The number of rotatable bonds is 3. The number of halogens is 2. The summed E-state index contributed by atoms with van der Waals surface area (Å²) >= 11 is 3.10. The molecule has 0 unspecified atom stereocenters. The fraction of sp³-hybridized carbons (Fsp3) is 0.455. The van der Waals surface area contributed by atoms with E-state index in [1.807, 2.05) is 0 Å². The van der Waals surface area contributed by atoms with Gasteiger partial charge in [-0.05, 0) is 44.1 Å². The highest BCUT2D eigenvalue weighted by Gasteiger charge is 2.24. The molecule has 1 fully saturated rings. The quantitative estimate of drug-likeness (QED) is 0.881. The summed E-state index contributed by atoms with van der Waals surface area (Å²) in [5, 5.41) is 3.14. The Kier molecular flexibility index (Phi) is 4.37. The Hall–Kier alpha value is -0.500. The lowest BCUT2D eigenvalue weighted by molar-refractivity contribution is 0.426. The van der Waals surface area contributed by atoms with Crippen LogP contribution in [0.4, 0.5) is 4.39 Å². The van der Waals surface area contributed by atoms with Crippen LogP contribution in [0.15, 0.2) is 27.6 Å². The van der Waals surface area contributed by atoms with Crippen molar-refractivity contribution >= 4 is 26.0 Å². The molecule has 0 aromatic heterocycles. The summed E-state index contributed by atoms with van der Waals surface area (Å²) in [6.45, 7) is 1.55. The SMILES string of the molecule is O=S(=O)(NC1CCNCC1)c1ccc(Br)cc1F. The van der Waals surface area contributed by atoms with E-state index in [4.69, 9.17) is 0 Å². The van der Waals surface area contributed by atoms with Crippen LogP contribution < -0.4 is 10.0 Å². The fourth-order valence-corrected chi connectivity index (χ4v) is 3.61. The maximum Gasteiger partial charge on any atom is 0.243 e. The van der Waals surface area contributed by atoms with Gasteiger partial charge in [0.05, 0.1) is 0 Å². The van der Waals surface area contributed by atoms with Gasteiger partial charge in [0.25, 0.3) is 0 Å². The van der Waals surface area contributed by atoms with Crippen molar-refractivity contribution in [1.82, 2.24) is 10.0 Å². The molecular formula is C11H14BrFN2O2S. The number of nitrogens with one attached hydrogen (secondary N) is 2. The van der Waals surface area contributed by atoms with Crippen LogP contribution in [0.3, 0.4) is 0 Å². The Labute approximate surface area is 114 Å². The van der Waals surface area contributed by atoms with Crippen LogP contribution in [-0.4, -0.2) is 27.5 Å². The Bertz CT molecular complexity index is 530. The summed E-state index contributed by atoms with van der Waals surface area (Å²) in [6.07, 6.45) is 1.44. The third-order valence-electron chi connectivity index (χ3n) is 2.84. The average Bonchev–Trinajstić information content (AvgIpc) is 2.29. The molecule has 1 heterocycles. The van der Waals surface area contributed by atoms with E-state index in [0.29, 0.717) is 4.47 Å². The molecule has 4 nitrogen and oxygen atoms in total. The van der Waals surface area contributed by atoms with Gasteiger partial charge in [-0.3, -0.25) is 0 Å². The van der Waals surface area contributed by atoms with Crippen LogP contribution >= 0.6 is 15.9 Å².